The molecule has 0 radical (unpaired) electrons. The predicted octanol–water partition coefficient (Wildman–Crippen LogP) is 3.53. The van der Waals surface area contributed by atoms with Gasteiger partial charge in [-0.05, 0) is 63.8 Å². The van der Waals surface area contributed by atoms with Gasteiger partial charge in [0.1, 0.15) is 6.33 Å². The number of halogens is 1. The van der Waals surface area contributed by atoms with Gasteiger partial charge in [0.15, 0.2) is 5.65 Å². The second kappa shape index (κ2) is 7.67. The van der Waals surface area contributed by atoms with Crippen LogP contribution in [0.3, 0.4) is 0 Å². The normalized spacial score (nSPS) is 10.9. The molecule has 0 fully saturated rings. The van der Waals surface area contributed by atoms with Crippen LogP contribution >= 0.6 is 15.9 Å². The van der Waals surface area contributed by atoms with Crippen LogP contribution in [-0.4, -0.2) is 32.0 Å². The molecule has 27 heavy (non-hydrogen) atoms. The number of pyridine rings is 2. The fourth-order valence-electron chi connectivity index (χ4n) is 2.83. The Hall–Kier alpha value is -3.06. The Labute approximate surface area is 164 Å². The maximum absolute atomic E-state index is 12.3. The van der Waals surface area contributed by atoms with Gasteiger partial charge >= 0.3 is 0 Å². The van der Waals surface area contributed by atoms with Crippen molar-refractivity contribution in [2.45, 2.75) is 6.42 Å². The van der Waals surface area contributed by atoms with Gasteiger partial charge in [-0.3, -0.25) is 9.78 Å². The van der Waals surface area contributed by atoms with E-state index in [2.05, 4.69) is 36.3 Å². The lowest BCUT2D eigenvalue weighted by Crippen LogP contribution is -2.25. The number of amides is 1. The van der Waals surface area contributed by atoms with Crippen LogP contribution in [0.2, 0.25) is 0 Å². The third kappa shape index (κ3) is 3.88. The highest BCUT2D eigenvalue weighted by molar-refractivity contribution is 9.10. The zero-order chi connectivity index (χ0) is 18.6. The SMILES string of the molecule is O=C(NCCc1ccncc1)c1ccc(-c2cc(Br)c3ncnn3c2)cc1. The molecule has 4 rings (SSSR count). The van der Waals surface area contributed by atoms with Crippen LogP contribution in [0.1, 0.15) is 15.9 Å². The zero-order valence-electron chi connectivity index (χ0n) is 14.3. The number of hydrogen-bond acceptors (Lipinski definition) is 4. The molecule has 1 N–H and O–H groups in total. The number of nitrogens with zero attached hydrogens (tertiary/aromatic N) is 4. The second-order valence-electron chi connectivity index (χ2n) is 6.04. The fraction of sp³-hybridized carbons (Fsp3) is 0.100. The van der Waals surface area contributed by atoms with E-state index in [1.165, 1.54) is 6.33 Å². The van der Waals surface area contributed by atoms with Gasteiger partial charge in [-0.15, -0.1) is 0 Å². The van der Waals surface area contributed by atoms with Gasteiger partial charge in [-0.2, -0.15) is 5.10 Å². The highest BCUT2D eigenvalue weighted by Gasteiger charge is 2.08. The number of fused-ring (bicyclic) bond motifs is 1. The number of benzene rings is 1. The monoisotopic (exact) mass is 421 g/mol. The third-order valence-corrected chi connectivity index (χ3v) is 4.84. The van der Waals surface area contributed by atoms with E-state index in [1.807, 2.05) is 48.7 Å². The molecule has 0 bridgehead atoms. The molecule has 0 aliphatic carbocycles. The average molecular weight is 422 g/mol. The van der Waals surface area contributed by atoms with Crippen LogP contribution in [-0.2, 0) is 6.42 Å². The molecule has 1 aromatic carbocycles. The first-order valence-electron chi connectivity index (χ1n) is 8.47. The molecule has 0 unspecified atom stereocenters. The predicted molar refractivity (Wildman–Crippen MR) is 106 cm³/mol. The molecule has 134 valence electrons. The number of rotatable bonds is 5. The summed E-state index contributed by atoms with van der Waals surface area (Å²) in [5.74, 6) is -0.0801. The van der Waals surface area contributed by atoms with Crippen molar-refractivity contribution in [3.63, 3.8) is 0 Å². The Morgan fingerprint density at radius 3 is 2.63 bits per heavy atom. The summed E-state index contributed by atoms with van der Waals surface area (Å²) in [6.07, 6.45) is 7.72. The summed E-state index contributed by atoms with van der Waals surface area (Å²) in [5.41, 5.74) is 4.54. The smallest absolute Gasteiger partial charge is 0.251 e. The Morgan fingerprint density at radius 2 is 1.85 bits per heavy atom. The van der Waals surface area contributed by atoms with Gasteiger partial charge in [0.05, 0.1) is 4.47 Å². The molecule has 0 aliphatic heterocycles. The van der Waals surface area contributed by atoms with E-state index in [9.17, 15) is 4.79 Å². The fourth-order valence-corrected chi connectivity index (χ4v) is 3.36. The Morgan fingerprint density at radius 1 is 1.07 bits per heavy atom. The van der Waals surface area contributed by atoms with Gasteiger partial charge in [-0.25, -0.2) is 9.50 Å². The number of nitrogens with one attached hydrogen (secondary N) is 1. The van der Waals surface area contributed by atoms with Crippen LogP contribution < -0.4 is 5.32 Å². The Kier molecular flexibility index (Phi) is 4.93. The Balaban J connectivity index is 1.44. The van der Waals surface area contributed by atoms with Gasteiger partial charge < -0.3 is 5.32 Å². The van der Waals surface area contributed by atoms with Crippen molar-refractivity contribution in [3.05, 3.63) is 83.0 Å². The summed E-state index contributed by atoms with van der Waals surface area (Å²) in [6, 6.07) is 13.4. The first-order valence-corrected chi connectivity index (χ1v) is 9.26. The van der Waals surface area contributed by atoms with E-state index < -0.39 is 0 Å². The van der Waals surface area contributed by atoms with E-state index in [-0.39, 0.29) is 5.91 Å². The molecule has 6 nitrogen and oxygen atoms in total. The molecule has 3 aromatic heterocycles. The number of carbonyl (C=O) groups is 1. The van der Waals surface area contributed by atoms with E-state index in [0.717, 1.165) is 33.2 Å². The van der Waals surface area contributed by atoms with Crippen LogP contribution in [0.15, 0.2) is 71.9 Å². The van der Waals surface area contributed by atoms with Crippen LogP contribution in [0, 0.1) is 0 Å². The van der Waals surface area contributed by atoms with Gasteiger partial charge in [-0.1, -0.05) is 12.1 Å². The summed E-state index contributed by atoms with van der Waals surface area (Å²) in [7, 11) is 0. The summed E-state index contributed by atoms with van der Waals surface area (Å²) in [5, 5.41) is 7.12. The second-order valence-corrected chi connectivity index (χ2v) is 6.90. The molecule has 4 aromatic rings. The molecule has 3 heterocycles. The minimum Gasteiger partial charge on any atom is -0.352 e. The lowest BCUT2D eigenvalue weighted by atomic mass is 10.1. The lowest BCUT2D eigenvalue weighted by Gasteiger charge is -2.07. The standard InChI is InChI=1S/C20H16BrN5O/c21-18-11-17(12-26-19(18)24-13-25-26)15-1-3-16(4-2-15)20(27)23-10-7-14-5-8-22-9-6-14/h1-6,8-9,11-13H,7,10H2,(H,23,27). The molecular weight excluding hydrogens is 406 g/mol. The van der Waals surface area contributed by atoms with Crippen molar-refractivity contribution >= 4 is 27.5 Å². The van der Waals surface area contributed by atoms with Gasteiger partial charge in [0.25, 0.3) is 5.91 Å². The molecule has 0 aliphatic rings. The lowest BCUT2D eigenvalue weighted by molar-refractivity contribution is 0.0954. The molecule has 0 spiro atoms. The maximum atomic E-state index is 12.3. The highest BCUT2D eigenvalue weighted by Crippen LogP contribution is 2.25. The highest BCUT2D eigenvalue weighted by atomic mass is 79.9. The minimum absolute atomic E-state index is 0.0801. The van der Waals surface area contributed by atoms with Crippen molar-refractivity contribution in [1.82, 2.24) is 24.9 Å². The molecule has 7 heteroatoms. The van der Waals surface area contributed by atoms with Gasteiger partial charge in [0, 0.05) is 36.3 Å². The zero-order valence-corrected chi connectivity index (χ0v) is 15.9. The van der Waals surface area contributed by atoms with E-state index >= 15 is 0 Å². The van der Waals surface area contributed by atoms with Crippen molar-refractivity contribution < 1.29 is 4.79 Å². The number of aromatic nitrogens is 4. The van der Waals surface area contributed by atoms with Crippen LogP contribution in [0.25, 0.3) is 16.8 Å². The van der Waals surface area contributed by atoms with E-state index in [1.54, 1.807) is 16.9 Å². The van der Waals surface area contributed by atoms with Crippen LogP contribution in [0.4, 0.5) is 0 Å². The van der Waals surface area contributed by atoms with Gasteiger partial charge in [0.2, 0.25) is 0 Å². The maximum Gasteiger partial charge on any atom is 0.251 e. The Bertz CT molecular complexity index is 1080. The van der Waals surface area contributed by atoms with Crippen molar-refractivity contribution in [3.8, 4) is 11.1 Å². The van der Waals surface area contributed by atoms with Crippen molar-refractivity contribution in [2.75, 3.05) is 6.54 Å². The number of carbonyl (C=O) groups excluding carboxylic acids is 1. The summed E-state index contributed by atoms with van der Waals surface area (Å²) >= 11 is 3.52. The topological polar surface area (TPSA) is 72.2 Å². The summed E-state index contributed by atoms with van der Waals surface area (Å²) in [4.78, 5) is 20.5. The summed E-state index contributed by atoms with van der Waals surface area (Å²) in [6.45, 7) is 0.584. The first-order chi connectivity index (χ1) is 13.2. The molecule has 0 saturated heterocycles. The van der Waals surface area contributed by atoms with E-state index in [0.29, 0.717) is 12.1 Å². The van der Waals surface area contributed by atoms with Crippen LogP contribution in [0.5, 0.6) is 0 Å². The number of hydrogen-bond donors (Lipinski definition) is 1. The quantitative estimate of drug-likeness (QED) is 0.534. The average Bonchev–Trinajstić information content (AvgIpc) is 3.18. The molecule has 1 amide bonds. The summed E-state index contributed by atoms with van der Waals surface area (Å²) < 4.78 is 2.59. The molecule has 0 atom stereocenters. The molecule has 0 saturated carbocycles. The van der Waals surface area contributed by atoms with Crippen molar-refractivity contribution in [2.24, 2.45) is 0 Å². The van der Waals surface area contributed by atoms with Crippen molar-refractivity contribution in [1.29, 1.82) is 0 Å². The first kappa shape index (κ1) is 17.4. The third-order valence-electron chi connectivity index (χ3n) is 4.26. The van der Waals surface area contributed by atoms with E-state index in [4.69, 9.17) is 0 Å². The molecular formula is C20H16BrN5O. The minimum atomic E-state index is -0.0801. The largest absolute Gasteiger partial charge is 0.352 e.